The average molecular weight is 276 g/mol. The number of nitrogens with two attached hydrogens (primary N) is 1. The van der Waals surface area contributed by atoms with Crippen LogP contribution in [-0.2, 0) is 11.2 Å². The van der Waals surface area contributed by atoms with Crippen LogP contribution in [0.1, 0.15) is 44.1 Å². The summed E-state index contributed by atoms with van der Waals surface area (Å²) < 4.78 is 0. The number of carbonyl (C=O) groups excluding carboxylic acids is 1. The first kappa shape index (κ1) is 14.9. The number of amides is 1. The van der Waals surface area contributed by atoms with Crippen LogP contribution in [-0.4, -0.2) is 23.1 Å². The molecular weight excluding hydrogens is 252 g/mol. The van der Waals surface area contributed by atoms with Crippen molar-refractivity contribution in [1.29, 1.82) is 0 Å². The molecule has 1 fully saturated rings. The van der Waals surface area contributed by atoms with Gasteiger partial charge in [0.05, 0.1) is 6.04 Å². The first-order chi connectivity index (χ1) is 9.65. The number of carbonyl (C=O) groups is 1. The zero-order chi connectivity index (χ0) is 14.4. The highest BCUT2D eigenvalue weighted by Crippen LogP contribution is 2.17. The maximum absolute atomic E-state index is 12.1. The summed E-state index contributed by atoms with van der Waals surface area (Å²) in [5.74, 6) is 0.162. The van der Waals surface area contributed by atoms with E-state index in [4.69, 9.17) is 5.73 Å². The molecule has 1 aromatic carbocycles. The van der Waals surface area contributed by atoms with E-state index in [9.17, 15) is 9.90 Å². The molecule has 1 amide bonds. The number of phenols is 1. The van der Waals surface area contributed by atoms with Crippen molar-refractivity contribution < 1.29 is 9.90 Å². The molecule has 0 spiro atoms. The fraction of sp³-hybridized carbons (Fsp3) is 0.562. The van der Waals surface area contributed by atoms with Crippen LogP contribution >= 0.6 is 0 Å². The molecule has 0 heterocycles. The zero-order valence-electron chi connectivity index (χ0n) is 11.8. The molecule has 4 nitrogen and oxygen atoms in total. The van der Waals surface area contributed by atoms with Crippen molar-refractivity contribution in [3.63, 3.8) is 0 Å². The number of phenolic OH excluding ortho intramolecular Hbond substituents is 1. The van der Waals surface area contributed by atoms with Gasteiger partial charge in [0, 0.05) is 6.04 Å². The van der Waals surface area contributed by atoms with Crippen molar-refractivity contribution in [3.8, 4) is 5.75 Å². The second-order valence-electron chi connectivity index (χ2n) is 5.67. The van der Waals surface area contributed by atoms with Crippen LogP contribution in [0.5, 0.6) is 5.75 Å². The Kier molecular flexibility index (Phi) is 5.41. The van der Waals surface area contributed by atoms with Crippen LogP contribution in [0.15, 0.2) is 24.3 Å². The van der Waals surface area contributed by atoms with Crippen LogP contribution < -0.4 is 11.1 Å². The predicted octanol–water partition coefficient (Wildman–Crippen LogP) is 2.10. The highest BCUT2D eigenvalue weighted by Gasteiger charge is 2.19. The third kappa shape index (κ3) is 4.53. The monoisotopic (exact) mass is 276 g/mol. The summed E-state index contributed by atoms with van der Waals surface area (Å²) in [6, 6.07) is 6.59. The number of nitrogens with one attached hydrogen (secondary N) is 1. The molecule has 0 bridgehead atoms. The quantitative estimate of drug-likeness (QED) is 0.737. The summed E-state index contributed by atoms with van der Waals surface area (Å²) in [6.07, 6.45) is 7.56. The first-order valence-corrected chi connectivity index (χ1v) is 7.49. The van der Waals surface area contributed by atoms with Gasteiger partial charge >= 0.3 is 0 Å². The smallest absolute Gasteiger partial charge is 0.237 e. The van der Waals surface area contributed by atoms with Crippen molar-refractivity contribution in [2.75, 3.05) is 0 Å². The van der Waals surface area contributed by atoms with Crippen LogP contribution in [0.2, 0.25) is 0 Å². The molecular formula is C16H24N2O2. The van der Waals surface area contributed by atoms with E-state index in [1.807, 2.05) is 0 Å². The predicted molar refractivity (Wildman–Crippen MR) is 79.4 cm³/mol. The van der Waals surface area contributed by atoms with Gasteiger partial charge in [-0.1, -0.05) is 37.8 Å². The van der Waals surface area contributed by atoms with Crippen LogP contribution in [0, 0.1) is 0 Å². The Morgan fingerprint density at radius 3 is 2.40 bits per heavy atom. The lowest BCUT2D eigenvalue weighted by molar-refractivity contribution is -0.123. The number of aromatic hydroxyl groups is 1. The van der Waals surface area contributed by atoms with Gasteiger partial charge in [-0.15, -0.1) is 0 Å². The van der Waals surface area contributed by atoms with E-state index in [1.165, 1.54) is 25.7 Å². The third-order valence-electron chi connectivity index (χ3n) is 3.93. The highest BCUT2D eigenvalue weighted by molar-refractivity contribution is 5.82. The molecule has 0 saturated heterocycles. The number of benzene rings is 1. The lowest BCUT2D eigenvalue weighted by Crippen LogP contribution is -2.46. The normalized spacial score (nSPS) is 18.2. The lowest BCUT2D eigenvalue weighted by atomic mass is 10.0. The molecule has 0 aromatic heterocycles. The minimum Gasteiger partial charge on any atom is -0.508 e. The molecule has 2 rings (SSSR count). The summed E-state index contributed by atoms with van der Waals surface area (Å²) in [5, 5.41) is 12.3. The Hall–Kier alpha value is -1.55. The Morgan fingerprint density at radius 2 is 1.80 bits per heavy atom. The molecule has 1 unspecified atom stereocenters. The van der Waals surface area contributed by atoms with Crippen molar-refractivity contribution in [3.05, 3.63) is 29.8 Å². The van der Waals surface area contributed by atoms with E-state index in [1.54, 1.807) is 24.3 Å². The Balaban J connectivity index is 1.83. The van der Waals surface area contributed by atoms with Gasteiger partial charge in [0.2, 0.25) is 5.91 Å². The second-order valence-corrected chi connectivity index (χ2v) is 5.67. The van der Waals surface area contributed by atoms with Gasteiger partial charge in [-0.25, -0.2) is 0 Å². The maximum atomic E-state index is 12.1. The van der Waals surface area contributed by atoms with E-state index < -0.39 is 6.04 Å². The molecule has 20 heavy (non-hydrogen) atoms. The summed E-state index contributed by atoms with van der Waals surface area (Å²) in [6.45, 7) is 0. The topological polar surface area (TPSA) is 75.3 Å². The fourth-order valence-corrected chi connectivity index (χ4v) is 2.71. The van der Waals surface area contributed by atoms with Gasteiger partial charge in [-0.3, -0.25) is 4.79 Å². The van der Waals surface area contributed by atoms with Crippen LogP contribution in [0.3, 0.4) is 0 Å². The molecule has 110 valence electrons. The molecule has 4 N–H and O–H groups in total. The largest absolute Gasteiger partial charge is 0.508 e. The van der Waals surface area contributed by atoms with E-state index in [0.717, 1.165) is 18.4 Å². The molecule has 1 aliphatic carbocycles. The van der Waals surface area contributed by atoms with Gasteiger partial charge in [0.15, 0.2) is 0 Å². The molecule has 4 heteroatoms. The molecule has 1 atom stereocenters. The van der Waals surface area contributed by atoms with Gasteiger partial charge in [0.1, 0.15) is 5.75 Å². The van der Waals surface area contributed by atoms with Crippen LogP contribution in [0.4, 0.5) is 0 Å². The van der Waals surface area contributed by atoms with Crippen LogP contribution in [0.25, 0.3) is 0 Å². The van der Waals surface area contributed by atoms with E-state index in [-0.39, 0.29) is 17.7 Å². The average Bonchev–Trinajstić information content (AvgIpc) is 2.70. The van der Waals surface area contributed by atoms with E-state index >= 15 is 0 Å². The van der Waals surface area contributed by atoms with Gasteiger partial charge in [-0.05, 0) is 37.0 Å². The Bertz CT molecular complexity index is 423. The summed E-state index contributed by atoms with van der Waals surface area (Å²) >= 11 is 0. The maximum Gasteiger partial charge on any atom is 0.237 e. The highest BCUT2D eigenvalue weighted by atomic mass is 16.3. The first-order valence-electron chi connectivity index (χ1n) is 7.49. The summed E-state index contributed by atoms with van der Waals surface area (Å²) in [5.41, 5.74) is 6.93. The van der Waals surface area contributed by atoms with E-state index in [2.05, 4.69) is 5.32 Å². The van der Waals surface area contributed by atoms with Crippen molar-refractivity contribution in [1.82, 2.24) is 5.32 Å². The minimum atomic E-state index is -0.525. The second kappa shape index (κ2) is 7.29. The molecule has 1 saturated carbocycles. The van der Waals surface area contributed by atoms with E-state index in [0.29, 0.717) is 6.42 Å². The van der Waals surface area contributed by atoms with Gasteiger partial charge < -0.3 is 16.2 Å². The zero-order valence-corrected chi connectivity index (χ0v) is 11.8. The summed E-state index contributed by atoms with van der Waals surface area (Å²) in [7, 11) is 0. The number of hydrogen-bond donors (Lipinski definition) is 3. The molecule has 0 radical (unpaired) electrons. The number of hydrogen-bond acceptors (Lipinski definition) is 3. The standard InChI is InChI=1S/C16H24N2O2/c17-15(11-12-7-9-14(19)10-8-12)16(20)18-13-5-3-1-2-4-6-13/h7-10,13,15,19H,1-6,11,17H2,(H,18,20). The Labute approximate surface area is 120 Å². The van der Waals surface area contributed by atoms with Crippen molar-refractivity contribution in [2.24, 2.45) is 5.73 Å². The van der Waals surface area contributed by atoms with Gasteiger partial charge in [-0.2, -0.15) is 0 Å². The summed E-state index contributed by atoms with van der Waals surface area (Å²) in [4.78, 5) is 12.1. The lowest BCUT2D eigenvalue weighted by Gasteiger charge is -2.19. The molecule has 1 aromatic rings. The third-order valence-corrected chi connectivity index (χ3v) is 3.93. The fourth-order valence-electron chi connectivity index (χ4n) is 2.71. The molecule has 0 aliphatic heterocycles. The van der Waals surface area contributed by atoms with Crippen molar-refractivity contribution >= 4 is 5.91 Å². The Morgan fingerprint density at radius 1 is 1.20 bits per heavy atom. The van der Waals surface area contributed by atoms with Crippen molar-refractivity contribution in [2.45, 2.75) is 57.0 Å². The number of rotatable bonds is 4. The molecule has 1 aliphatic rings. The SMILES string of the molecule is NC(Cc1ccc(O)cc1)C(=O)NC1CCCCCC1. The minimum absolute atomic E-state index is 0.0648. The van der Waals surface area contributed by atoms with Gasteiger partial charge in [0.25, 0.3) is 0 Å².